The first-order valence-electron chi connectivity index (χ1n) is 8.13. The van der Waals surface area contributed by atoms with Crippen molar-refractivity contribution in [2.45, 2.75) is 6.42 Å². The highest BCUT2D eigenvalue weighted by Gasteiger charge is 2.10. The molecule has 4 aromatic rings. The first-order chi connectivity index (χ1) is 12.7. The molecule has 6 nitrogen and oxygen atoms in total. The van der Waals surface area contributed by atoms with Gasteiger partial charge in [0.1, 0.15) is 23.1 Å². The van der Waals surface area contributed by atoms with E-state index in [0.29, 0.717) is 23.0 Å². The molecule has 2 N–H and O–H groups in total. The Kier molecular flexibility index (Phi) is 3.85. The number of aromatic amines is 1. The SMILES string of the molecule is C=CCc1cccc(/C=N\n2cnc3c([nH]c4ccccc43)c2=O)c1O. The molecule has 26 heavy (non-hydrogen) atoms. The molecule has 6 heteroatoms. The van der Waals surface area contributed by atoms with Gasteiger partial charge in [0, 0.05) is 16.5 Å². The number of phenols is 1. The molecule has 2 heterocycles. The molecule has 128 valence electrons. The maximum atomic E-state index is 12.7. The summed E-state index contributed by atoms with van der Waals surface area (Å²) >= 11 is 0. The van der Waals surface area contributed by atoms with Gasteiger partial charge in [-0.3, -0.25) is 4.79 Å². The molecule has 0 bridgehead atoms. The molecular weight excluding hydrogens is 328 g/mol. The van der Waals surface area contributed by atoms with Crippen LogP contribution in [0.25, 0.3) is 21.9 Å². The second-order valence-electron chi connectivity index (χ2n) is 5.88. The summed E-state index contributed by atoms with van der Waals surface area (Å²) in [6.07, 6.45) is 5.09. The van der Waals surface area contributed by atoms with Crippen molar-refractivity contribution in [2.24, 2.45) is 5.10 Å². The highest BCUT2D eigenvalue weighted by molar-refractivity contribution is 6.04. The monoisotopic (exact) mass is 344 g/mol. The van der Waals surface area contributed by atoms with Crippen LogP contribution in [0.4, 0.5) is 0 Å². The molecule has 0 aliphatic heterocycles. The van der Waals surface area contributed by atoms with E-state index in [0.717, 1.165) is 21.1 Å². The smallest absolute Gasteiger partial charge is 0.298 e. The van der Waals surface area contributed by atoms with E-state index < -0.39 is 0 Å². The number of para-hydroxylation sites is 2. The minimum atomic E-state index is -0.302. The second kappa shape index (κ2) is 6.33. The predicted molar refractivity (Wildman–Crippen MR) is 103 cm³/mol. The van der Waals surface area contributed by atoms with Gasteiger partial charge in [-0.1, -0.05) is 36.4 Å². The van der Waals surface area contributed by atoms with Gasteiger partial charge in [-0.05, 0) is 24.1 Å². The van der Waals surface area contributed by atoms with Crippen molar-refractivity contribution in [1.82, 2.24) is 14.6 Å². The minimum absolute atomic E-state index is 0.129. The number of phenolic OH excluding ortho intramolecular Hbond substituents is 1. The Hall–Kier alpha value is -3.67. The Bertz CT molecular complexity index is 1220. The van der Waals surface area contributed by atoms with Crippen LogP contribution in [-0.4, -0.2) is 26.0 Å². The number of nitrogens with zero attached hydrogens (tertiary/aromatic N) is 3. The van der Waals surface area contributed by atoms with Crippen molar-refractivity contribution >= 4 is 28.2 Å². The molecular formula is C20H16N4O2. The van der Waals surface area contributed by atoms with Crippen molar-refractivity contribution in [3.05, 3.63) is 82.9 Å². The quantitative estimate of drug-likeness (QED) is 0.440. The lowest BCUT2D eigenvalue weighted by Crippen LogP contribution is -2.17. The molecule has 0 saturated heterocycles. The standard InChI is InChI=1S/C20H16N4O2/c1-2-6-13-7-5-8-14(19(13)25)11-22-24-12-21-17-15-9-3-4-10-16(15)23-18(17)20(24)26/h2-5,7-12,23,25H,1,6H2/b22-11-. The number of aromatic hydroxyl groups is 1. The summed E-state index contributed by atoms with van der Waals surface area (Å²) < 4.78 is 1.15. The fraction of sp³-hybridized carbons (Fsp3) is 0.0500. The van der Waals surface area contributed by atoms with E-state index in [1.165, 1.54) is 12.5 Å². The first-order valence-corrected chi connectivity index (χ1v) is 8.13. The van der Waals surface area contributed by atoms with Crippen molar-refractivity contribution < 1.29 is 5.11 Å². The van der Waals surface area contributed by atoms with Crippen LogP contribution in [0.5, 0.6) is 5.75 Å². The maximum Gasteiger partial charge on any atom is 0.298 e. The van der Waals surface area contributed by atoms with Gasteiger partial charge in [-0.25, -0.2) is 4.98 Å². The molecule has 0 saturated carbocycles. The molecule has 0 fully saturated rings. The third-order valence-corrected chi connectivity index (χ3v) is 4.23. The number of hydrogen-bond acceptors (Lipinski definition) is 4. The summed E-state index contributed by atoms with van der Waals surface area (Å²) in [7, 11) is 0. The maximum absolute atomic E-state index is 12.7. The number of benzene rings is 2. The number of H-pyrrole nitrogens is 1. The minimum Gasteiger partial charge on any atom is -0.507 e. The zero-order valence-electron chi connectivity index (χ0n) is 13.9. The zero-order chi connectivity index (χ0) is 18.1. The zero-order valence-corrected chi connectivity index (χ0v) is 13.9. The lowest BCUT2D eigenvalue weighted by molar-refractivity contribution is 0.469. The predicted octanol–water partition coefficient (Wildman–Crippen LogP) is 3.19. The van der Waals surface area contributed by atoms with Crippen LogP contribution >= 0.6 is 0 Å². The number of allylic oxidation sites excluding steroid dienone is 1. The summed E-state index contributed by atoms with van der Waals surface area (Å²) in [5, 5.41) is 15.3. The molecule has 2 aromatic carbocycles. The largest absolute Gasteiger partial charge is 0.507 e. The normalized spacial score (nSPS) is 11.5. The Morgan fingerprint density at radius 3 is 2.92 bits per heavy atom. The van der Waals surface area contributed by atoms with E-state index >= 15 is 0 Å². The Morgan fingerprint density at radius 2 is 2.08 bits per heavy atom. The van der Waals surface area contributed by atoms with Crippen molar-refractivity contribution in [1.29, 1.82) is 0 Å². The Labute approximate surface area is 148 Å². The van der Waals surface area contributed by atoms with Crippen LogP contribution in [0.2, 0.25) is 0 Å². The molecule has 0 unspecified atom stereocenters. The van der Waals surface area contributed by atoms with Gasteiger partial charge in [0.2, 0.25) is 0 Å². The lowest BCUT2D eigenvalue weighted by Gasteiger charge is -2.04. The van der Waals surface area contributed by atoms with Gasteiger partial charge < -0.3 is 10.1 Å². The van der Waals surface area contributed by atoms with E-state index in [1.54, 1.807) is 12.1 Å². The molecule has 0 aliphatic carbocycles. The molecule has 2 aromatic heterocycles. The highest BCUT2D eigenvalue weighted by atomic mass is 16.3. The van der Waals surface area contributed by atoms with E-state index in [1.807, 2.05) is 36.4 Å². The van der Waals surface area contributed by atoms with Crippen LogP contribution in [0.15, 0.2) is 71.3 Å². The molecule has 0 atom stereocenters. The molecule has 0 spiro atoms. The number of fused-ring (bicyclic) bond motifs is 3. The van der Waals surface area contributed by atoms with E-state index in [4.69, 9.17) is 0 Å². The number of hydrogen-bond donors (Lipinski definition) is 2. The van der Waals surface area contributed by atoms with Gasteiger partial charge >= 0.3 is 0 Å². The molecule has 0 amide bonds. The van der Waals surface area contributed by atoms with Gasteiger partial charge in [0.15, 0.2) is 0 Å². The summed E-state index contributed by atoms with van der Waals surface area (Å²) in [4.78, 5) is 20.1. The number of aromatic nitrogens is 3. The molecule has 0 radical (unpaired) electrons. The highest BCUT2D eigenvalue weighted by Crippen LogP contribution is 2.22. The average molecular weight is 344 g/mol. The fourth-order valence-corrected chi connectivity index (χ4v) is 2.94. The Balaban J connectivity index is 1.78. The fourth-order valence-electron chi connectivity index (χ4n) is 2.94. The summed E-state index contributed by atoms with van der Waals surface area (Å²) in [6.45, 7) is 3.68. The van der Waals surface area contributed by atoms with Gasteiger partial charge in [-0.15, -0.1) is 6.58 Å². The van der Waals surface area contributed by atoms with Crippen LogP contribution in [0.1, 0.15) is 11.1 Å². The van der Waals surface area contributed by atoms with Crippen LogP contribution < -0.4 is 5.56 Å². The van der Waals surface area contributed by atoms with E-state index in [-0.39, 0.29) is 11.3 Å². The third kappa shape index (κ3) is 2.57. The van der Waals surface area contributed by atoms with Gasteiger partial charge in [0.25, 0.3) is 5.56 Å². The molecule has 4 rings (SSSR count). The van der Waals surface area contributed by atoms with Crippen LogP contribution in [0, 0.1) is 0 Å². The second-order valence-corrected chi connectivity index (χ2v) is 5.88. The van der Waals surface area contributed by atoms with Crippen molar-refractivity contribution in [2.75, 3.05) is 0 Å². The van der Waals surface area contributed by atoms with Gasteiger partial charge in [0.05, 0.1) is 6.21 Å². The summed E-state index contributed by atoms with van der Waals surface area (Å²) in [6, 6.07) is 13.0. The summed E-state index contributed by atoms with van der Waals surface area (Å²) in [5.41, 5.74) is 2.84. The van der Waals surface area contributed by atoms with Crippen molar-refractivity contribution in [3.8, 4) is 5.75 Å². The first kappa shape index (κ1) is 15.8. The number of rotatable bonds is 4. The molecule has 0 aliphatic rings. The lowest BCUT2D eigenvalue weighted by atomic mass is 10.1. The Morgan fingerprint density at radius 1 is 1.23 bits per heavy atom. The van der Waals surface area contributed by atoms with E-state index in [2.05, 4.69) is 21.6 Å². The van der Waals surface area contributed by atoms with Crippen LogP contribution in [-0.2, 0) is 6.42 Å². The van der Waals surface area contributed by atoms with Crippen molar-refractivity contribution in [3.63, 3.8) is 0 Å². The third-order valence-electron chi connectivity index (χ3n) is 4.23. The average Bonchev–Trinajstić information content (AvgIpc) is 3.04. The van der Waals surface area contributed by atoms with E-state index in [9.17, 15) is 9.90 Å². The van der Waals surface area contributed by atoms with Gasteiger partial charge in [-0.2, -0.15) is 9.78 Å². The topological polar surface area (TPSA) is 83.3 Å². The number of nitrogens with one attached hydrogen (secondary N) is 1. The summed E-state index contributed by atoms with van der Waals surface area (Å²) in [5.74, 6) is 0.129. The van der Waals surface area contributed by atoms with Crippen LogP contribution in [0.3, 0.4) is 0 Å².